The fraction of sp³-hybridized carbons (Fsp3) is 0.591. The van der Waals surface area contributed by atoms with E-state index in [-0.39, 0.29) is 18.4 Å². The normalized spacial score (nSPS) is 17.1. The first-order valence-electron chi connectivity index (χ1n) is 10.8. The number of hydroxylamine groups is 2. The number of amides is 1. The fourth-order valence-electron chi connectivity index (χ4n) is 3.37. The van der Waals surface area contributed by atoms with Crippen LogP contribution in [0.15, 0.2) is 23.4 Å². The molecule has 1 heterocycles. The highest BCUT2D eigenvalue weighted by atomic mass is 19.4. The third kappa shape index (κ3) is 8.73. The zero-order valence-electron chi connectivity index (χ0n) is 19.7. The molecule has 12 heteroatoms. The van der Waals surface area contributed by atoms with E-state index in [0.717, 1.165) is 25.0 Å². The minimum Gasteiger partial charge on any atom is -0.451 e. The van der Waals surface area contributed by atoms with Crippen molar-refractivity contribution in [3.05, 3.63) is 29.3 Å². The van der Waals surface area contributed by atoms with Gasteiger partial charge in [0.05, 0.1) is 19.4 Å². The van der Waals surface area contributed by atoms with E-state index in [1.165, 1.54) is 11.8 Å². The second-order valence-corrected chi connectivity index (χ2v) is 7.89. The van der Waals surface area contributed by atoms with Crippen molar-refractivity contribution in [1.82, 2.24) is 9.96 Å². The van der Waals surface area contributed by atoms with Crippen molar-refractivity contribution in [2.24, 2.45) is 5.16 Å². The van der Waals surface area contributed by atoms with Crippen molar-refractivity contribution in [3.63, 3.8) is 0 Å². The summed E-state index contributed by atoms with van der Waals surface area (Å²) in [6, 6.07) is 4.74. The van der Waals surface area contributed by atoms with E-state index in [9.17, 15) is 22.8 Å². The highest BCUT2D eigenvalue weighted by molar-refractivity contribution is 5.98. The van der Waals surface area contributed by atoms with Gasteiger partial charge in [-0.3, -0.25) is 9.69 Å². The Balaban J connectivity index is 2.06. The Kier molecular flexibility index (Phi) is 9.97. The van der Waals surface area contributed by atoms with E-state index in [1.54, 1.807) is 32.0 Å². The number of piperidine rings is 1. The number of methoxy groups -OCH3 is 1. The van der Waals surface area contributed by atoms with Gasteiger partial charge in [0.1, 0.15) is 6.61 Å². The van der Waals surface area contributed by atoms with Gasteiger partial charge in [0.15, 0.2) is 5.75 Å². The van der Waals surface area contributed by atoms with E-state index >= 15 is 0 Å². The predicted octanol–water partition coefficient (Wildman–Crippen LogP) is 4.04. The van der Waals surface area contributed by atoms with E-state index in [4.69, 9.17) is 14.4 Å². The first kappa shape index (κ1) is 27.2. The summed E-state index contributed by atoms with van der Waals surface area (Å²) in [6.45, 7) is 3.60. The molecule has 1 unspecified atom stereocenters. The molecule has 0 saturated carbocycles. The molecule has 0 aliphatic carbocycles. The standard InChI is InChI=1S/C22H30F3N3O6/c1-15-8-9-18(11-20(15)34-28(21(30)31-4)14-32-17(3)29)16(2)26-33-12-19-7-5-6-10-27(19)13-22(23,24)25/h8-9,11,19H,5-7,10,12-14H2,1-4H3. The molecule has 1 aromatic carbocycles. The number of hydrogen-bond acceptors (Lipinski definition) is 8. The number of benzene rings is 1. The molecule has 2 rings (SSSR count). The molecular formula is C22H30F3N3O6. The second-order valence-electron chi connectivity index (χ2n) is 7.89. The summed E-state index contributed by atoms with van der Waals surface area (Å²) in [5.41, 5.74) is 1.75. The van der Waals surface area contributed by atoms with Gasteiger partial charge in [0, 0.05) is 18.5 Å². The van der Waals surface area contributed by atoms with Crippen molar-refractivity contribution in [1.29, 1.82) is 0 Å². The molecule has 0 radical (unpaired) electrons. The molecular weight excluding hydrogens is 459 g/mol. The maximum atomic E-state index is 12.8. The Morgan fingerprint density at radius 3 is 2.62 bits per heavy atom. The van der Waals surface area contributed by atoms with Crippen molar-refractivity contribution >= 4 is 17.8 Å². The maximum absolute atomic E-state index is 12.8. The number of halogens is 3. The van der Waals surface area contributed by atoms with Gasteiger partial charge in [-0.2, -0.15) is 13.2 Å². The molecule has 0 spiro atoms. The number of carbonyl (C=O) groups is 2. The summed E-state index contributed by atoms with van der Waals surface area (Å²) in [6.07, 6.45) is -2.95. The molecule has 1 atom stereocenters. The van der Waals surface area contributed by atoms with Crippen LogP contribution in [0, 0.1) is 6.92 Å². The molecule has 9 nitrogen and oxygen atoms in total. The van der Waals surface area contributed by atoms with Crippen molar-refractivity contribution < 1.29 is 41.9 Å². The maximum Gasteiger partial charge on any atom is 0.446 e. The van der Waals surface area contributed by atoms with E-state index in [1.807, 2.05) is 0 Å². The Morgan fingerprint density at radius 1 is 1.24 bits per heavy atom. The topological polar surface area (TPSA) is 89.9 Å². The third-order valence-electron chi connectivity index (χ3n) is 5.18. The quantitative estimate of drug-likeness (QED) is 0.224. The lowest BCUT2D eigenvalue weighted by molar-refractivity contribution is -0.159. The molecule has 1 amide bonds. The average Bonchev–Trinajstić information content (AvgIpc) is 2.77. The van der Waals surface area contributed by atoms with Gasteiger partial charge in [0.2, 0.25) is 6.73 Å². The summed E-state index contributed by atoms with van der Waals surface area (Å²) in [4.78, 5) is 35.4. The third-order valence-corrected chi connectivity index (χ3v) is 5.18. The van der Waals surface area contributed by atoms with Gasteiger partial charge in [-0.25, -0.2) is 4.79 Å². The number of hydrogen-bond donors (Lipinski definition) is 0. The Bertz CT molecular complexity index is 878. The molecule has 1 fully saturated rings. The van der Waals surface area contributed by atoms with Crippen LogP contribution in [0.3, 0.4) is 0 Å². The summed E-state index contributed by atoms with van der Waals surface area (Å²) in [5, 5.41) is 4.80. The number of alkyl halides is 3. The number of rotatable bonds is 9. The lowest BCUT2D eigenvalue weighted by atomic mass is 10.0. The number of carbonyl (C=O) groups excluding carboxylic acids is 2. The van der Waals surface area contributed by atoms with Crippen molar-refractivity contribution in [2.45, 2.75) is 52.3 Å². The monoisotopic (exact) mass is 489 g/mol. The first-order valence-corrected chi connectivity index (χ1v) is 10.8. The fourth-order valence-corrected chi connectivity index (χ4v) is 3.37. The summed E-state index contributed by atoms with van der Waals surface area (Å²) in [5.74, 6) is -0.317. The zero-order chi connectivity index (χ0) is 25.3. The molecule has 1 saturated heterocycles. The molecule has 0 aromatic heterocycles. The molecule has 1 aromatic rings. The van der Waals surface area contributed by atoms with Crippen LogP contribution in [0.2, 0.25) is 0 Å². The lowest BCUT2D eigenvalue weighted by Gasteiger charge is -2.35. The van der Waals surface area contributed by atoms with Gasteiger partial charge < -0.3 is 19.1 Å². The van der Waals surface area contributed by atoms with Gasteiger partial charge in [-0.1, -0.05) is 23.7 Å². The molecule has 190 valence electrons. The van der Waals surface area contributed by atoms with Crippen LogP contribution in [0.4, 0.5) is 18.0 Å². The van der Waals surface area contributed by atoms with Crippen LogP contribution in [-0.4, -0.2) is 73.5 Å². The average molecular weight is 489 g/mol. The van der Waals surface area contributed by atoms with Crippen LogP contribution in [0.5, 0.6) is 5.75 Å². The van der Waals surface area contributed by atoms with Crippen LogP contribution < -0.4 is 4.84 Å². The Hall–Kier alpha value is -3.02. The summed E-state index contributed by atoms with van der Waals surface area (Å²) >= 11 is 0. The molecule has 1 aliphatic rings. The highest BCUT2D eigenvalue weighted by Crippen LogP contribution is 2.24. The summed E-state index contributed by atoms with van der Waals surface area (Å²) in [7, 11) is 1.16. The van der Waals surface area contributed by atoms with E-state index in [2.05, 4.69) is 9.89 Å². The van der Waals surface area contributed by atoms with Crippen molar-refractivity contribution in [2.75, 3.05) is 33.5 Å². The van der Waals surface area contributed by atoms with Gasteiger partial charge >= 0.3 is 18.2 Å². The molecule has 0 bridgehead atoms. The van der Waals surface area contributed by atoms with Gasteiger partial charge in [0.25, 0.3) is 0 Å². The summed E-state index contributed by atoms with van der Waals surface area (Å²) < 4.78 is 47.9. The number of aryl methyl sites for hydroxylation is 1. The van der Waals surface area contributed by atoms with E-state index < -0.39 is 31.5 Å². The van der Waals surface area contributed by atoms with Crippen LogP contribution >= 0.6 is 0 Å². The number of ether oxygens (including phenoxy) is 2. The molecule has 0 N–H and O–H groups in total. The lowest BCUT2D eigenvalue weighted by Crippen LogP contribution is -2.46. The van der Waals surface area contributed by atoms with Crippen molar-refractivity contribution in [3.8, 4) is 5.75 Å². The predicted molar refractivity (Wildman–Crippen MR) is 116 cm³/mol. The van der Waals surface area contributed by atoms with Crippen LogP contribution in [-0.2, 0) is 19.1 Å². The smallest absolute Gasteiger partial charge is 0.446 e. The van der Waals surface area contributed by atoms with Crippen LogP contribution in [0.1, 0.15) is 44.2 Å². The molecule has 1 aliphatic heterocycles. The number of nitrogens with zero attached hydrogens (tertiary/aromatic N) is 3. The van der Waals surface area contributed by atoms with Gasteiger partial charge in [-0.05, 0) is 44.9 Å². The van der Waals surface area contributed by atoms with E-state index in [0.29, 0.717) is 29.8 Å². The Morgan fingerprint density at radius 2 is 1.97 bits per heavy atom. The highest BCUT2D eigenvalue weighted by Gasteiger charge is 2.35. The second kappa shape index (κ2) is 12.4. The zero-order valence-corrected chi connectivity index (χ0v) is 19.7. The Labute approximate surface area is 196 Å². The van der Waals surface area contributed by atoms with Crippen LogP contribution in [0.25, 0.3) is 0 Å². The number of likely N-dealkylation sites (tertiary alicyclic amines) is 1. The number of esters is 1. The molecule has 34 heavy (non-hydrogen) atoms. The minimum absolute atomic E-state index is 0.0428. The minimum atomic E-state index is -4.26. The number of oxime groups is 1. The first-order chi connectivity index (χ1) is 16.0. The van der Waals surface area contributed by atoms with Gasteiger partial charge in [-0.15, -0.1) is 5.06 Å². The SMILES string of the molecule is COC(=O)N(COC(C)=O)Oc1cc(C(C)=NOCC2CCCCN2CC(F)(F)F)ccc1C. The largest absolute Gasteiger partial charge is 0.451 e.